The molecule has 0 aromatic rings. The fraction of sp³-hybridized carbons (Fsp3) is 1.00. The van der Waals surface area contributed by atoms with E-state index in [1.54, 1.807) is 0 Å². The van der Waals surface area contributed by atoms with E-state index in [9.17, 15) is 4.57 Å². The molecule has 1 fully saturated rings. The van der Waals surface area contributed by atoms with Gasteiger partial charge in [-0.1, -0.05) is 26.2 Å². The van der Waals surface area contributed by atoms with Crippen LogP contribution in [0.4, 0.5) is 0 Å². The van der Waals surface area contributed by atoms with Crippen molar-refractivity contribution in [2.75, 3.05) is 6.16 Å². The van der Waals surface area contributed by atoms with Gasteiger partial charge in [0.1, 0.15) is 0 Å². The highest BCUT2D eigenvalue weighted by molar-refractivity contribution is 7.39. The summed E-state index contributed by atoms with van der Waals surface area (Å²) in [5.41, 5.74) is 0. The zero-order chi connectivity index (χ0) is 8.81. The molecule has 0 spiro atoms. The summed E-state index contributed by atoms with van der Waals surface area (Å²) in [5.74, 6) is 0. The summed E-state index contributed by atoms with van der Waals surface area (Å²) in [6, 6.07) is 0. The van der Waals surface area contributed by atoms with E-state index in [-0.39, 0.29) is 0 Å². The van der Waals surface area contributed by atoms with Gasteiger partial charge in [0, 0.05) is 6.16 Å². The quantitative estimate of drug-likeness (QED) is 0.636. The molecule has 72 valence electrons. The van der Waals surface area contributed by atoms with Crippen molar-refractivity contribution < 1.29 is 9.09 Å². The fourth-order valence-electron chi connectivity index (χ4n) is 1.63. The minimum Gasteiger partial charge on any atom is -0.327 e. The summed E-state index contributed by atoms with van der Waals surface area (Å²) in [6.07, 6.45) is 8.15. The van der Waals surface area contributed by atoms with Crippen molar-refractivity contribution in [3.8, 4) is 0 Å². The first-order valence-corrected chi connectivity index (χ1v) is 6.54. The molecule has 1 rings (SSSR count). The van der Waals surface area contributed by atoms with Gasteiger partial charge in [-0.3, -0.25) is 4.57 Å². The smallest absolute Gasteiger partial charge is 0.191 e. The van der Waals surface area contributed by atoms with Crippen molar-refractivity contribution in [2.45, 2.75) is 51.6 Å². The van der Waals surface area contributed by atoms with Gasteiger partial charge in [-0.15, -0.1) is 0 Å². The van der Waals surface area contributed by atoms with E-state index in [1.165, 1.54) is 19.3 Å². The third-order valence-corrected chi connectivity index (χ3v) is 3.81. The third-order valence-electron chi connectivity index (χ3n) is 2.30. The predicted octanol–water partition coefficient (Wildman–Crippen LogP) is 3.22. The zero-order valence-corrected chi connectivity index (χ0v) is 8.84. The molecule has 1 aliphatic rings. The standard InChI is InChI=1S/C9H19O2P/c1-2-8-12(10)11-9-6-4-3-5-7-9/h9,12H,2-8H2,1H3. The summed E-state index contributed by atoms with van der Waals surface area (Å²) >= 11 is 0. The lowest BCUT2D eigenvalue weighted by Crippen LogP contribution is -2.13. The number of hydrogen-bond acceptors (Lipinski definition) is 2. The highest BCUT2D eigenvalue weighted by Gasteiger charge is 2.15. The monoisotopic (exact) mass is 190 g/mol. The van der Waals surface area contributed by atoms with Gasteiger partial charge >= 0.3 is 0 Å². The van der Waals surface area contributed by atoms with Crippen LogP contribution in [0.25, 0.3) is 0 Å². The Bertz CT molecular complexity index is 141. The Labute approximate surface area is 75.6 Å². The molecule has 0 N–H and O–H groups in total. The largest absolute Gasteiger partial charge is 0.327 e. The average molecular weight is 190 g/mol. The highest BCUT2D eigenvalue weighted by atomic mass is 31.1. The molecule has 1 atom stereocenters. The number of hydrogen-bond donors (Lipinski definition) is 0. The van der Waals surface area contributed by atoms with Crippen LogP contribution in [0.3, 0.4) is 0 Å². The lowest BCUT2D eigenvalue weighted by atomic mass is 9.98. The normalized spacial score (nSPS) is 22.4. The molecule has 0 amide bonds. The zero-order valence-electron chi connectivity index (χ0n) is 7.84. The summed E-state index contributed by atoms with van der Waals surface area (Å²) in [4.78, 5) is 0. The van der Waals surface area contributed by atoms with Crippen LogP contribution < -0.4 is 0 Å². The molecule has 0 saturated heterocycles. The SMILES string of the molecule is CCC[PH](=O)OC1CCCCC1. The van der Waals surface area contributed by atoms with E-state index in [0.717, 1.165) is 25.4 Å². The van der Waals surface area contributed by atoms with Gasteiger partial charge in [0.15, 0.2) is 8.03 Å². The molecule has 2 nitrogen and oxygen atoms in total. The summed E-state index contributed by atoms with van der Waals surface area (Å²) < 4.78 is 16.8. The molecule has 0 bridgehead atoms. The van der Waals surface area contributed by atoms with Gasteiger partial charge in [0.05, 0.1) is 6.10 Å². The lowest BCUT2D eigenvalue weighted by Gasteiger charge is -2.21. The van der Waals surface area contributed by atoms with E-state index >= 15 is 0 Å². The average Bonchev–Trinajstić information content (AvgIpc) is 2.06. The molecule has 12 heavy (non-hydrogen) atoms. The second-order valence-electron chi connectivity index (χ2n) is 3.50. The first-order valence-electron chi connectivity index (χ1n) is 5.02. The lowest BCUT2D eigenvalue weighted by molar-refractivity contribution is 0.166. The van der Waals surface area contributed by atoms with Gasteiger partial charge in [-0.25, -0.2) is 0 Å². The Morgan fingerprint density at radius 3 is 2.58 bits per heavy atom. The predicted molar refractivity (Wildman–Crippen MR) is 52.1 cm³/mol. The number of rotatable bonds is 4. The van der Waals surface area contributed by atoms with Gasteiger partial charge in [-0.05, 0) is 19.3 Å². The van der Waals surface area contributed by atoms with Crippen LogP contribution in [0.15, 0.2) is 0 Å². The Morgan fingerprint density at radius 1 is 1.33 bits per heavy atom. The Kier molecular flexibility index (Phi) is 4.94. The van der Waals surface area contributed by atoms with E-state index in [0.29, 0.717) is 6.10 Å². The van der Waals surface area contributed by atoms with Crippen LogP contribution in [0, 0.1) is 0 Å². The van der Waals surface area contributed by atoms with Gasteiger partial charge < -0.3 is 4.52 Å². The maximum absolute atomic E-state index is 11.3. The molecule has 1 saturated carbocycles. The van der Waals surface area contributed by atoms with Crippen molar-refractivity contribution in [1.29, 1.82) is 0 Å². The van der Waals surface area contributed by atoms with Crippen molar-refractivity contribution in [1.82, 2.24) is 0 Å². The molecule has 0 aromatic heterocycles. The second-order valence-corrected chi connectivity index (χ2v) is 4.98. The first-order chi connectivity index (χ1) is 5.83. The Morgan fingerprint density at radius 2 is 2.00 bits per heavy atom. The van der Waals surface area contributed by atoms with Crippen LogP contribution >= 0.6 is 8.03 Å². The summed E-state index contributed by atoms with van der Waals surface area (Å²) in [6.45, 7) is 2.05. The van der Waals surface area contributed by atoms with Crippen molar-refractivity contribution in [3.63, 3.8) is 0 Å². The second kappa shape index (κ2) is 5.77. The maximum atomic E-state index is 11.3. The van der Waals surface area contributed by atoms with Crippen molar-refractivity contribution >= 4 is 8.03 Å². The molecule has 3 heteroatoms. The topological polar surface area (TPSA) is 26.3 Å². The van der Waals surface area contributed by atoms with Gasteiger partial charge in [0.2, 0.25) is 0 Å². The third kappa shape index (κ3) is 3.73. The van der Waals surface area contributed by atoms with Crippen molar-refractivity contribution in [2.24, 2.45) is 0 Å². The fourth-order valence-corrected chi connectivity index (χ4v) is 2.77. The first kappa shape index (κ1) is 10.3. The van der Waals surface area contributed by atoms with Crippen molar-refractivity contribution in [3.05, 3.63) is 0 Å². The van der Waals surface area contributed by atoms with E-state index in [2.05, 4.69) is 0 Å². The maximum Gasteiger partial charge on any atom is 0.191 e. The van der Waals surface area contributed by atoms with E-state index in [4.69, 9.17) is 4.52 Å². The van der Waals surface area contributed by atoms with Gasteiger partial charge in [0.25, 0.3) is 0 Å². The molecular weight excluding hydrogens is 171 g/mol. The minimum atomic E-state index is -1.69. The van der Waals surface area contributed by atoms with Crippen LogP contribution in [-0.2, 0) is 9.09 Å². The molecule has 0 heterocycles. The van der Waals surface area contributed by atoms with E-state index in [1.807, 2.05) is 6.92 Å². The molecule has 0 radical (unpaired) electrons. The molecule has 1 unspecified atom stereocenters. The molecule has 0 aliphatic heterocycles. The van der Waals surface area contributed by atoms with E-state index < -0.39 is 8.03 Å². The minimum absolute atomic E-state index is 0.316. The van der Waals surface area contributed by atoms with Gasteiger partial charge in [-0.2, -0.15) is 0 Å². The molecule has 0 aromatic carbocycles. The Balaban J connectivity index is 2.15. The van der Waals surface area contributed by atoms with Crippen LogP contribution in [0.2, 0.25) is 0 Å². The Hall–Kier alpha value is 0.190. The molecular formula is C9H19O2P. The summed E-state index contributed by atoms with van der Waals surface area (Å²) in [7, 11) is -1.69. The molecule has 1 aliphatic carbocycles. The van der Waals surface area contributed by atoms with Crippen LogP contribution in [0.1, 0.15) is 45.4 Å². The van der Waals surface area contributed by atoms with Crippen LogP contribution in [-0.4, -0.2) is 12.3 Å². The summed E-state index contributed by atoms with van der Waals surface area (Å²) in [5, 5.41) is 0. The van der Waals surface area contributed by atoms with Crippen LogP contribution in [0.5, 0.6) is 0 Å². The highest BCUT2D eigenvalue weighted by Crippen LogP contribution is 2.31.